The Hall–Kier alpha value is -4.23. The van der Waals surface area contributed by atoms with Crippen LogP contribution in [0.15, 0.2) is 74.9 Å². The summed E-state index contributed by atoms with van der Waals surface area (Å²) in [7, 11) is 0. The van der Waals surface area contributed by atoms with Crippen molar-refractivity contribution in [3.8, 4) is 10.7 Å². The number of aromatic nitrogens is 3. The van der Waals surface area contributed by atoms with Gasteiger partial charge in [0.2, 0.25) is 11.8 Å². The molecule has 0 saturated heterocycles. The largest absolute Gasteiger partial charge is 0.461 e. The number of ether oxygens (including phenoxy) is 3. The number of carbonyl (C=O) groups excluding carboxylic acids is 1. The first-order valence-electron chi connectivity index (χ1n) is 14.3. The van der Waals surface area contributed by atoms with Gasteiger partial charge in [-0.3, -0.25) is 0 Å². The lowest BCUT2D eigenvalue weighted by Gasteiger charge is -2.09. The molecule has 10 nitrogen and oxygen atoms in total. The average Bonchev–Trinajstić information content (AvgIpc) is 3.79. The fraction of sp³-hybridized carbons (Fsp3) is 0.303. The minimum absolute atomic E-state index is 0.239. The molecule has 5 rings (SSSR count). The molecule has 0 bridgehead atoms. The number of aryl methyl sites for hydroxylation is 2. The van der Waals surface area contributed by atoms with Gasteiger partial charge >= 0.3 is 5.97 Å². The standard InChI is InChI=1S/C19H20N2O4S.C14H16N2O2S/c1-4-23-19(22)15-11-26-18(20-15)16-12(2)25-17(21-16)13(3)24-10-14-8-6-5-7-9-14;1-9-12(13(15)19)16-14(18-9)10(2)17-8-11-6-4-3-5-7-11/h5-9,11,13H,4,10H2,1-3H3;3-7,10H,8H2,1-2H3,(H2,15,19). The predicted molar refractivity (Wildman–Crippen MR) is 175 cm³/mol. The van der Waals surface area contributed by atoms with E-state index in [9.17, 15) is 4.79 Å². The monoisotopic (exact) mass is 648 g/mol. The molecule has 3 aromatic heterocycles. The summed E-state index contributed by atoms with van der Waals surface area (Å²) in [6.07, 6.45) is -0.547. The van der Waals surface area contributed by atoms with Crippen LogP contribution in [0.2, 0.25) is 0 Å². The van der Waals surface area contributed by atoms with Crippen LogP contribution in [0.4, 0.5) is 0 Å². The van der Waals surface area contributed by atoms with Gasteiger partial charge in [-0.1, -0.05) is 72.9 Å². The van der Waals surface area contributed by atoms with E-state index in [-0.39, 0.29) is 22.9 Å². The van der Waals surface area contributed by atoms with Crippen molar-refractivity contribution in [2.75, 3.05) is 6.61 Å². The highest BCUT2D eigenvalue weighted by Crippen LogP contribution is 2.30. The van der Waals surface area contributed by atoms with Gasteiger partial charge in [0.05, 0.1) is 19.8 Å². The van der Waals surface area contributed by atoms with Gasteiger partial charge in [-0.2, -0.15) is 0 Å². The lowest BCUT2D eigenvalue weighted by molar-refractivity contribution is 0.0340. The Labute approximate surface area is 271 Å². The molecule has 0 saturated carbocycles. The maximum Gasteiger partial charge on any atom is 0.357 e. The Morgan fingerprint density at radius 3 is 1.91 bits per heavy atom. The minimum Gasteiger partial charge on any atom is -0.461 e. The summed E-state index contributed by atoms with van der Waals surface area (Å²) in [5, 5.41) is 2.28. The van der Waals surface area contributed by atoms with E-state index in [1.807, 2.05) is 81.4 Å². The molecule has 236 valence electrons. The van der Waals surface area contributed by atoms with Crippen LogP contribution in [0, 0.1) is 13.8 Å². The van der Waals surface area contributed by atoms with Gasteiger partial charge in [0.15, 0.2) is 5.69 Å². The molecule has 3 heterocycles. The lowest BCUT2D eigenvalue weighted by atomic mass is 10.2. The van der Waals surface area contributed by atoms with E-state index in [2.05, 4.69) is 15.0 Å². The van der Waals surface area contributed by atoms with Crippen molar-refractivity contribution in [2.24, 2.45) is 5.73 Å². The molecule has 0 radical (unpaired) electrons. The maximum atomic E-state index is 11.8. The minimum atomic E-state index is -0.434. The van der Waals surface area contributed by atoms with Crippen molar-refractivity contribution in [3.05, 3.63) is 112 Å². The predicted octanol–water partition coefficient (Wildman–Crippen LogP) is 7.46. The first kappa shape index (κ1) is 33.7. The summed E-state index contributed by atoms with van der Waals surface area (Å²) in [6, 6.07) is 19.9. The molecule has 0 aliphatic heterocycles. The van der Waals surface area contributed by atoms with Gasteiger partial charge in [0.1, 0.15) is 45.1 Å². The van der Waals surface area contributed by atoms with Crippen molar-refractivity contribution < 1.29 is 27.8 Å². The molecule has 0 aliphatic rings. The average molecular weight is 649 g/mol. The Bertz CT molecular complexity index is 1680. The van der Waals surface area contributed by atoms with Crippen molar-refractivity contribution in [1.29, 1.82) is 0 Å². The lowest BCUT2D eigenvalue weighted by Crippen LogP contribution is -2.11. The third-order valence-electron chi connectivity index (χ3n) is 6.43. The number of esters is 1. The number of rotatable bonds is 12. The van der Waals surface area contributed by atoms with Crippen LogP contribution in [0.1, 0.15) is 83.6 Å². The second kappa shape index (κ2) is 16.2. The molecule has 2 atom stereocenters. The van der Waals surface area contributed by atoms with Crippen LogP contribution < -0.4 is 5.73 Å². The molecule has 0 spiro atoms. The number of thiocarbonyl (C=S) groups is 1. The Morgan fingerprint density at radius 2 is 1.40 bits per heavy atom. The molecular formula is C33H36N4O6S2. The molecule has 5 aromatic rings. The first-order chi connectivity index (χ1) is 21.7. The van der Waals surface area contributed by atoms with E-state index in [1.165, 1.54) is 11.3 Å². The third kappa shape index (κ3) is 9.38. The van der Waals surface area contributed by atoms with E-state index < -0.39 is 5.97 Å². The van der Waals surface area contributed by atoms with Crippen LogP contribution in [0.3, 0.4) is 0 Å². The molecule has 2 unspecified atom stereocenters. The Balaban J connectivity index is 0.000000215. The number of hydrogen-bond donors (Lipinski definition) is 1. The highest BCUT2D eigenvalue weighted by Gasteiger charge is 2.21. The molecular weight excluding hydrogens is 613 g/mol. The molecule has 2 aromatic carbocycles. The first-order valence-corrected chi connectivity index (χ1v) is 15.6. The molecule has 0 amide bonds. The van der Waals surface area contributed by atoms with E-state index in [0.717, 1.165) is 11.1 Å². The fourth-order valence-corrected chi connectivity index (χ4v) is 5.04. The number of nitrogens with zero attached hydrogens (tertiary/aromatic N) is 3. The topological polar surface area (TPSA) is 136 Å². The Morgan fingerprint density at radius 1 is 0.867 bits per heavy atom. The zero-order chi connectivity index (χ0) is 32.3. The van der Waals surface area contributed by atoms with Crippen molar-refractivity contribution >= 4 is 34.5 Å². The second-order valence-corrected chi connectivity index (χ2v) is 11.2. The quantitative estimate of drug-likeness (QED) is 0.107. The van der Waals surface area contributed by atoms with Crippen LogP contribution in [0.25, 0.3) is 10.7 Å². The molecule has 0 aliphatic carbocycles. The van der Waals surface area contributed by atoms with Crippen molar-refractivity contribution in [2.45, 2.75) is 60.0 Å². The summed E-state index contributed by atoms with van der Waals surface area (Å²) >= 11 is 6.24. The highest BCUT2D eigenvalue weighted by atomic mass is 32.1. The smallest absolute Gasteiger partial charge is 0.357 e. The fourth-order valence-electron chi connectivity index (χ4n) is 4.02. The number of oxazole rings is 2. The molecule has 45 heavy (non-hydrogen) atoms. The second-order valence-electron chi connectivity index (χ2n) is 9.91. The summed E-state index contributed by atoms with van der Waals surface area (Å²) in [6.45, 7) is 10.4. The summed E-state index contributed by atoms with van der Waals surface area (Å²) in [5.74, 6) is 1.81. The SMILES string of the molecule is CCOC(=O)c1csc(-c2nc(C(C)OCc3ccccc3)oc2C)n1.Cc1oc(C(C)OCc2ccccc2)nc1C(N)=S. The Kier molecular flexibility index (Phi) is 12.1. The van der Waals surface area contributed by atoms with E-state index >= 15 is 0 Å². The summed E-state index contributed by atoms with van der Waals surface area (Å²) < 4.78 is 27.8. The van der Waals surface area contributed by atoms with Gasteiger partial charge in [-0.15, -0.1) is 11.3 Å². The van der Waals surface area contributed by atoms with E-state index in [1.54, 1.807) is 19.2 Å². The number of hydrogen-bond acceptors (Lipinski definition) is 11. The van der Waals surface area contributed by atoms with Crippen molar-refractivity contribution in [3.63, 3.8) is 0 Å². The number of nitrogens with two attached hydrogens (primary N) is 1. The molecule has 12 heteroatoms. The van der Waals surface area contributed by atoms with Crippen LogP contribution >= 0.6 is 23.6 Å². The van der Waals surface area contributed by atoms with Gasteiger partial charge in [0, 0.05) is 5.38 Å². The normalized spacial score (nSPS) is 12.2. The van der Waals surface area contributed by atoms with Crippen LogP contribution in [-0.4, -0.2) is 32.5 Å². The molecule has 2 N–H and O–H groups in total. The van der Waals surface area contributed by atoms with Crippen LogP contribution in [-0.2, 0) is 27.4 Å². The zero-order valence-corrected chi connectivity index (χ0v) is 27.4. The van der Waals surface area contributed by atoms with Gasteiger partial charge in [-0.25, -0.2) is 19.7 Å². The highest BCUT2D eigenvalue weighted by molar-refractivity contribution is 7.80. The zero-order valence-electron chi connectivity index (χ0n) is 25.8. The number of carbonyl (C=O) groups is 1. The van der Waals surface area contributed by atoms with Gasteiger partial charge in [0.25, 0.3) is 0 Å². The number of thiazole rings is 1. The summed E-state index contributed by atoms with van der Waals surface area (Å²) in [5.41, 5.74) is 9.18. The van der Waals surface area contributed by atoms with Crippen molar-refractivity contribution in [1.82, 2.24) is 15.0 Å². The summed E-state index contributed by atoms with van der Waals surface area (Å²) in [4.78, 5) is 25.1. The van der Waals surface area contributed by atoms with Gasteiger partial charge < -0.3 is 28.8 Å². The molecule has 0 fully saturated rings. The van der Waals surface area contributed by atoms with Gasteiger partial charge in [-0.05, 0) is 45.7 Å². The maximum absolute atomic E-state index is 11.8. The third-order valence-corrected chi connectivity index (χ3v) is 7.47. The number of benzene rings is 2. The van der Waals surface area contributed by atoms with Crippen LogP contribution in [0.5, 0.6) is 0 Å². The van der Waals surface area contributed by atoms with E-state index in [0.29, 0.717) is 59.5 Å². The van der Waals surface area contributed by atoms with E-state index in [4.69, 9.17) is 41.0 Å².